The second kappa shape index (κ2) is 6.87. The largest absolute Gasteiger partial charge is 0.423 e. The maximum Gasteiger partial charge on any atom is 0.302 e. The molecule has 0 unspecified atom stereocenters. The molecule has 4 rings (SSSR count). The molecule has 1 amide bonds. The van der Waals surface area contributed by atoms with Gasteiger partial charge in [-0.15, -0.1) is 0 Å². The molecule has 0 saturated carbocycles. The number of nitrogens with one attached hydrogen (secondary N) is 2. The minimum atomic E-state index is -0.254. The zero-order valence-corrected chi connectivity index (χ0v) is 14.9. The number of hydrogen-bond acceptors (Lipinski definition) is 6. The Kier molecular flexibility index (Phi) is 4.25. The highest BCUT2D eigenvalue weighted by atomic mass is 16.4. The molecule has 7 heteroatoms. The summed E-state index contributed by atoms with van der Waals surface area (Å²) in [4.78, 5) is 25.4. The fourth-order valence-corrected chi connectivity index (χ4v) is 2.67. The van der Waals surface area contributed by atoms with E-state index in [2.05, 4.69) is 25.6 Å². The fourth-order valence-electron chi connectivity index (χ4n) is 2.67. The fraction of sp³-hybridized carbons (Fsp3) is 0.100. The van der Waals surface area contributed by atoms with Gasteiger partial charge < -0.3 is 9.73 Å². The van der Waals surface area contributed by atoms with Crippen LogP contribution < -0.4 is 10.6 Å². The topological polar surface area (TPSA) is 92.9 Å². The molecule has 2 N–H and O–H groups in total. The number of carbonyl (C=O) groups is 1. The quantitative estimate of drug-likeness (QED) is 0.566. The van der Waals surface area contributed by atoms with E-state index in [1.165, 1.54) is 6.20 Å². The van der Waals surface area contributed by atoms with E-state index in [1.807, 2.05) is 55.5 Å². The van der Waals surface area contributed by atoms with E-state index in [9.17, 15) is 4.79 Å². The molecule has 0 bridgehead atoms. The highest BCUT2D eigenvalue weighted by molar-refractivity contribution is 6.05. The lowest BCUT2D eigenvalue weighted by Crippen LogP contribution is -2.16. The Morgan fingerprint density at radius 3 is 2.56 bits per heavy atom. The van der Waals surface area contributed by atoms with Gasteiger partial charge >= 0.3 is 6.01 Å². The van der Waals surface area contributed by atoms with Gasteiger partial charge in [-0.05, 0) is 37.6 Å². The molecule has 27 heavy (non-hydrogen) atoms. The standard InChI is InChI=1S/C20H17N5O2/c1-12-7-3-4-8-15(12)23-18(26)14-11-21-19(22-13(14)2)25-20-24-16-9-5-6-10-17(16)27-20/h3-11H,1-2H3,(H,23,26)(H,21,22,24,25). The first-order valence-corrected chi connectivity index (χ1v) is 8.43. The van der Waals surface area contributed by atoms with E-state index in [0.29, 0.717) is 28.8 Å². The number of nitrogens with zero attached hydrogens (tertiary/aromatic N) is 3. The van der Waals surface area contributed by atoms with Crippen LogP contribution in [-0.2, 0) is 0 Å². The molecule has 0 fully saturated rings. The zero-order chi connectivity index (χ0) is 18.8. The lowest BCUT2D eigenvalue weighted by Gasteiger charge is -2.10. The first kappa shape index (κ1) is 16.7. The number of fused-ring (bicyclic) bond motifs is 1. The summed E-state index contributed by atoms with van der Waals surface area (Å²) in [6, 6.07) is 15.3. The number of anilines is 3. The van der Waals surface area contributed by atoms with Crippen molar-refractivity contribution < 1.29 is 9.21 Å². The minimum absolute atomic E-state index is 0.254. The number of carbonyl (C=O) groups excluding carboxylic acids is 1. The van der Waals surface area contributed by atoms with Crippen LogP contribution in [-0.4, -0.2) is 20.9 Å². The number of hydrogen-bond donors (Lipinski definition) is 2. The maximum absolute atomic E-state index is 12.5. The number of rotatable bonds is 4. The second-order valence-electron chi connectivity index (χ2n) is 6.07. The van der Waals surface area contributed by atoms with Crippen molar-refractivity contribution >= 4 is 34.7 Å². The van der Waals surface area contributed by atoms with Crippen LogP contribution in [0.25, 0.3) is 11.1 Å². The number of aryl methyl sites for hydroxylation is 2. The molecule has 0 aliphatic heterocycles. The maximum atomic E-state index is 12.5. The third-order valence-electron chi connectivity index (χ3n) is 4.13. The van der Waals surface area contributed by atoms with Gasteiger partial charge in [0.25, 0.3) is 5.91 Å². The van der Waals surface area contributed by atoms with Gasteiger partial charge in [0.05, 0.1) is 11.3 Å². The van der Waals surface area contributed by atoms with Gasteiger partial charge in [0, 0.05) is 11.9 Å². The van der Waals surface area contributed by atoms with E-state index in [1.54, 1.807) is 6.92 Å². The van der Waals surface area contributed by atoms with Crippen LogP contribution in [0.15, 0.2) is 59.1 Å². The van der Waals surface area contributed by atoms with Crippen molar-refractivity contribution in [1.82, 2.24) is 15.0 Å². The molecule has 4 aromatic rings. The SMILES string of the molecule is Cc1ccccc1NC(=O)c1cnc(Nc2nc3ccccc3o2)nc1C. The summed E-state index contributed by atoms with van der Waals surface area (Å²) in [6.07, 6.45) is 1.49. The zero-order valence-electron chi connectivity index (χ0n) is 14.9. The Labute approximate surface area is 155 Å². The second-order valence-corrected chi connectivity index (χ2v) is 6.07. The molecule has 2 aromatic carbocycles. The van der Waals surface area contributed by atoms with Crippen LogP contribution in [0.3, 0.4) is 0 Å². The summed E-state index contributed by atoms with van der Waals surface area (Å²) in [6.45, 7) is 3.69. The predicted molar refractivity (Wildman–Crippen MR) is 103 cm³/mol. The van der Waals surface area contributed by atoms with Gasteiger partial charge in [-0.3, -0.25) is 10.1 Å². The highest BCUT2D eigenvalue weighted by Crippen LogP contribution is 2.21. The van der Waals surface area contributed by atoms with Gasteiger partial charge in [0.1, 0.15) is 5.52 Å². The van der Waals surface area contributed by atoms with E-state index in [4.69, 9.17) is 4.42 Å². The number of oxazole rings is 1. The number of benzene rings is 2. The van der Waals surface area contributed by atoms with Crippen LogP contribution in [0.1, 0.15) is 21.6 Å². The van der Waals surface area contributed by atoms with Crippen LogP contribution in [0.4, 0.5) is 17.7 Å². The first-order chi connectivity index (χ1) is 13.1. The number of aromatic nitrogens is 3. The molecule has 7 nitrogen and oxygen atoms in total. The Balaban J connectivity index is 1.53. The average molecular weight is 359 g/mol. The van der Waals surface area contributed by atoms with Crippen LogP contribution >= 0.6 is 0 Å². The third kappa shape index (κ3) is 3.48. The van der Waals surface area contributed by atoms with Crippen molar-refractivity contribution in [3.8, 4) is 0 Å². The summed E-state index contributed by atoms with van der Waals surface area (Å²) >= 11 is 0. The lowest BCUT2D eigenvalue weighted by atomic mass is 10.2. The highest BCUT2D eigenvalue weighted by Gasteiger charge is 2.14. The Morgan fingerprint density at radius 1 is 1.00 bits per heavy atom. The molecule has 0 radical (unpaired) electrons. The van der Waals surface area contributed by atoms with Crippen molar-refractivity contribution in [2.24, 2.45) is 0 Å². The van der Waals surface area contributed by atoms with E-state index < -0.39 is 0 Å². The summed E-state index contributed by atoms with van der Waals surface area (Å²) in [5, 5.41) is 5.81. The summed E-state index contributed by atoms with van der Waals surface area (Å²) in [5.74, 6) is 0.0571. The Hall–Kier alpha value is -3.74. The smallest absolute Gasteiger partial charge is 0.302 e. The van der Waals surface area contributed by atoms with Crippen LogP contribution in [0.5, 0.6) is 0 Å². The molecule has 2 aromatic heterocycles. The summed E-state index contributed by atoms with van der Waals surface area (Å²) < 4.78 is 5.60. The normalized spacial score (nSPS) is 10.7. The van der Waals surface area contributed by atoms with E-state index in [-0.39, 0.29) is 5.91 Å². The van der Waals surface area contributed by atoms with Crippen molar-refractivity contribution in [3.63, 3.8) is 0 Å². The molecule has 0 saturated heterocycles. The minimum Gasteiger partial charge on any atom is -0.423 e. The molecule has 0 aliphatic carbocycles. The molecule has 0 aliphatic rings. The molecule has 0 spiro atoms. The van der Waals surface area contributed by atoms with Crippen molar-refractivity contribution in [3.05, 3.63) is 71.5 Å². The van der Waals surface area contributed by atoms with Crippen molar-refractivity contribution in [2.75, 3.05) is 10.6 Å². The lowest BCUT2D eigenvalue weighted by molar-refractivity contribution is 0.102. The Bertz CT molecular complexity index is 1100. The molecule has 2 heterocycles. The number of para-hydroxylation sites is 3. The molecule has 134 valence electrons. The monoisotopic (exact) mass is 359 g/mol. The molecular weight excluding hydrogens is 342 g/mol. The third-order valence-corrected chi connectivity index (χ3v) is 4.13. The first-order valence-electron chi connectivity index (χ1n) is 8.43. The van der Waals surface area contributed by atoms with Gasteiger partial charge in [0.15, 0.2) is 5.58 Å². The number of amides is 1. The van der Waals surface area contributed by atoms with Crippen LogP contribution in [0, 0.1) is 13.8 Å². The van der Waals surface area contributed by atoms with Gasteiger partial charge in [-0.25, -0.2) is 9.97 Å². The van der Waals surface area contributed by atoms with Gasteiger partial charge in [-0.1, -0.05) is 30.3 Å². The van der Waals surface area contributed by atoms with Gasteiger partial charge in [-0.2, -0.15) is 4.98 Å². The Morgan fingerprint density at radius 2 is 1.78 bits per heavy atom. The van der Waals surface area contributed by atoms with Crippen LogP contribution in [0.2, 0.25) is 0 Å². The van der Waals surface area contributed by atoms with Crippen molar-refractivity contribution in [1.29, 1.82) is 0 Å². The summed E-state index contributed by atoms with van der Waals surface area (Å²) in [7, 11) is 0. The predicted octanol–water partition coefficient (Wildman–Crippen LogP) is 4.23. The van der Waals surface area contributed by atoms with Crippen molar-refractivity contribution in [2.45, 2.75) is 13.8 Å². The van der Waals surface area contributed by atoms with E-state index in [0.717, 1.165) is 16.8 Å². The van der Waals surface area contributed by atoms with E-state index >= 15 is 0 Å². The van der Waals surface area contributed by atoms with Gasteiger partial charge in [0.2, 0.25) is 5.95 Å². The molecular formula is C20H17N5O2. The molecule has 0 atom stereocenters. The average Bonchev–Trinajstić information content (AvgIpc) is 3.06. The summed E-state index contributed by atoms with van der Waals surface area (Å²) in [5.41, 5.74) is 4.11.